The Morgan fingerprint density at radius 3 is 1.97 bits per heavy atom. The lowest BCUT2D eigenvalue weighted by molar-refractivity contribution is -0.113. The summed E-state index contributed by atoms with van der Waals surface area (Å²) in [6, 6.07) is 11.0. The zero-order valence-corrected chi connectivity index (χ0v) is 20.4. The molecule has 30 heavy (non-hydrogen) atoms. The number of aromatic hydroxyl groups is 1. The van der Waals surface area contributed by atoms with Gasteiger partial charge in [0.1, 0.15) is 5.75 Å². The molecule has 0 atom stereocenters. The number of nitrogens with zero attached hydrogens (tertiary/aromatic N) is 1. The van der Waals surface area contributed by atoms with E-state index in [-0.39, 0.29) is 16.7 Å². The number of phenols is 1. The Hall–Kier alpha value is -1.82. The third-order valence-electron chi connectivity index (χ3n) is 4.92. The number of hydrogen-bond donors (Lipinski definition) is 1. The molecular weight excluding hydrogens is 434 g/mol. The van der Waals surface area contributed by atoms with Crippen molar-refractivity contribution in [1.82, 2.24) is 0 Å². The van der Waals surface area contributed by atoms with Gasteiger partial charge in [-0.1, -0.05) is 77.1 Å². The minimum absolute atomic E-state index is 0.157. The van der Waals surface area contributed by atoms with Gasteiger partial charge in [-0.15, -0.1) is 0 Å². The summed E-state index contributed by atoms with van der Waals surface area (Å²) in [4.78, 5) is 15.2. The van der Waals surface area contributed by atoms with Crippen molar-refractivity contribution in [3.8, 4) is 5.75 Å². The predicted molar refractivity (Wildman–Crippen MR) is 133 cm³/mol. The molecule has 1 saturated heterocycles. The van der Waals surface area contributed by atoms with Crippen molar-refractivity contribution in [2.24, 2.45) is 0 Å². The van der Waals surface area contributed by atoms with Crippen LogP contribution in [0.4, 0.5) is 5.69 Å². The lowest BCUT2D eigenvalue weighted by atomic mass is 9.78. The minimum atomic E-state index is -0.240. The van der Waals surface area contributed by atoms with Crippen LogP contribution in [0.5, 0.6) is 5.75 Å². The second kappa shape index (κ2) is 8.03. The van der Waals surface area contributed by atoms with E-state index in [0.717, 1.165) is 16.7 Å². The molecule has 0 saturated carbocycles. The first-order valence-electron chi connectivity index (χ1n) is 9.70. The van der Waals surface area contributed by atoms with Crippen LogP contribution in [-0.4, -0.2) is 15.3 Å². The summed E-state index contributed by atoms with van der Waals surface area (Å²) in [6.07, 6.45) is 1.86. The Morgan fingerprint density at radius 1 is 1.00 bits per heavy atom. The molecule has 1 amide bonds. The number of hydrogen-bond acceptors (Lipinski definition) is 4. The molecule has 1 aliphatic rings. The number of carbonyl (C=O) groups excluding carboxylic acids is 1. The summed E-state index contributed by atoms with van der Waals surface area (Å²) >= 11 is 12.7. The van der Waals surface area contributed by atoms with E-state index < -0.39 is 0 Å². The highest BCUT2D eigenvalue weighted by molar-refractivity contribution is 8.27. The zero-order valence-electron chi connectivity index (χ0n) is 18.0. The quantitative estimate of drug-likeness (QED) is 0.386. The van der Waals surface area contributed by atoms with E-state index in [4.69, 9.17) is 23.8 Å². The maximum absolute atomic E-state index is 13.1. The number of carbonyl (C=O) groups is 1. The zero-order chi connectivity index (χ0) is 22.4. The van der Waals surface area contributed by atoms with Crippen molar-refractivity contribution < 1.29 is 9.90 Å². The first-order valence-corrected chi connectivity index (χ1v) is 11.3. The third-order valence-corrected chi connectivity index (χ3v) is 6.48. The van der Waals surface area contributed by atoms with Crippen LogP contribution in [0.3, 0.4) is 0 Å². The molecular formula is C24H26ClNO2S2. The Labute approximate surface area is 193 Å². The van der Waals surface area contributed by atoms with Gasteiger partial charge in [0.05, 0.1) is 10.6 Å². The average Bonchev–Trinajstić information content (AvgIpc) is 2.89. The molecule has 2 aromatic rings. The molecule has 2 aromatic carbocycles. The maximum Gasteiger partial charge on any atom is 0.270 e. The van der Waals surface area contributed by atoms with Crippen molar-refractivity contribution in [2.75, 3.05) is 4.90 Å². The molecule has 1 aliphatic heterocycles. The first-order chi connectivity index (χ1) is 13.8. The molecule has 0 spiro atoms. The van der Waals surface area contributed by atoms with E-state index >= 15 is 0 Å². The number of amides is 1. The number of rotatable bonds is 2. The number of thioether (sulfide) groups is 1. The third kappa shape index (κ3) is 4.58. The van der Waals surface area contributed by atoms with E-state index in [2.05, 4.69) is 41.5 Å². The predicted octanol–water partition coefficient (Wildman–Crippen LogP) is 7.05. The van der Waals surface area contributed by atoms with Crippen molar-refractivity contribution in [2.45, 2.75) is 52.4 Å². The summed E-state index contributed by atoms with van der Waals surface area (Å²) in [7, 11) is 0. The van der Waals surface area contributed by atoms with Crippen LogP contribution in [0.1, 0.15) is 58.2 Å². The fourth-order valence-electron chi connectivity index (χ4n) is 3.32. The smallest absolute Gasteiger partial charge is 0.270 e. The second-order valence-electron chi connectivity index (χ2n) is 9.46. The van der Waals surface area contributed by atoms with Crippen molar-refractivity contribution in [3.63, 3.8) is 0 Å². The van der Waals surface area contributed by atoms with Gasteiger partial charge in [-0.3, -0.25) is 9.69 Å². The summed E-state index contributed by atoms with van der Waals surface area (Å²) in [6.45, 7) is 12.4. The van der Waals surface area contributed by atoms with Crippen LogP contribution >= 0.6 is 35.6 Å². The van der Waals surface area contributed by atoms with Gasteiger partial charge in [-0.25, -0.2) is 0 Å². The molecule has 1 heterocycles. The van der Waals surface area contributed by atoms with Crippen LogP contribution in [0, 0.1) is 0 Å². The number of benzene rings is 2. The fraction of sp³-hybridized carbons (Fsp3) is 0.333. The van der Waals surface area contributed by atoms with Crippen LogP contribution in [0.15, 0.2) is 41.3 Å². The molecule has 0 unspecified atom stereocenters. The largest absolute Gasteiger partial charge is 0.507 e. The Kier molecular flexibility index (Phi) is 6.11. The first kappa shape index (κ1) is 22.9. The SMILES string of the molecule is CC(C)(C)c1cc(/C=C2\SC(=S)N(c3ccc(Cl)cc3)C2=O)cc(C(C)(C)C)c1O. The van der Waals surface area contributed by atoms with Crippen LogP contribution in [-0.2, 0) is 15.6 Å². The Bertz CT molecular complexity index is 1010. The summed E-state index contributed by atoms with van der Waals surface area (Å²) in [5.41, 5.74) is 2.80. The van der Waals surface area contributed by atoms with E-state index in [1.807, 2.05) is 18.2 Å². The van der Waals surface area contributed by atoms with E-state index in [0.29, 0.717) is 25.7 Å². The molecule has 3 rings (SSSR count). The van der Waals surface area contributed by atoms with Gasteiger partial charge in [0.15, 0.2) is 4.32 Å². The van der Waals surface area contributed by atoms with Crippen molar-refractivity contribution in [1.29, 1.82) is 0 Å². The van der Waals surface area contributed by atoms with Gasteiger partial charge in [0.25, 0.3) is 5.91 Å². The molecule has 0 bridgehead atoms. The van der Waals surface area contributed by atoms with Gasteiger partial charge in [-0.05, 0) is 58.9 Å². The molecule has 1 N–H and O–H groups in total. The highest BCUT2D eigenvalue weighted by Gasteiger charge is 2.34. The average molecular weight is 460 g/mol. The van der Waals surface area contributed by atoms with Crippen molar-refractivity contribution >= 4 is 57.6 Å². The molecule has 6 heteroatoms. The van der Waals surface area contributed by atoms with Crippen LogP contribution < -0.4 is 4.90 Å². The second-order valence-corrected chi connectivity index (χ2v) is 11.6. The standard InChI is InChI=1S/C24H26ClNO2S2/c1-23(2,3)17-11-14(12-18(20(17)27)24(4,5)6)13-19-21(28)26(22(29)30-19)16-9-7-15(25)8-10-16/h7-13,27H,1-6H3/b19-13-. The summed E-state index contributed by atoms with van der Waals surface area (Å²) in [5, 5.41) is 11.5. The van der Waals surface area contributed by atoms with E-state index in [1.54, 1.807) is 24.3 Å². The minimum Gasteiger partial charge on any atom is -0.507 e. The summed E-state index contributed by atoms with van der Waals surface area (Å²) in [5.74, 6) is 0.163. The molecule has 0 aromatic heterocycles. The van der Waals surface area contributed by atoms with Crippen molar-refractivity contribution in [3.05, 3.63) is 63.0 Å². The van der Waals surface area contributed by atoms with E-state index in [9.17, 15) is 9.90 Å². The summed E-state index contributed by atoms with van der Waals surface area (Å²) < 4.78 is 0.486. The monoisotopic (exact) mass is 459 g/mol. The number of phenolic OH excluding ortho intramolecular Hbond substituents is 1. The lowest BCUT2D eigenvalue weighted by Gasteiger charge is -2.28. The van der Waals surface area contributed by atoms with Crippen LogP contribution in [0.2, 0.25) is 5.02 Å². The van der Waals surface area contributed by atoms with Gasteiger partial charge in [0, 0.05) is 16.1 Å². The number of halogens is 1. The highest BCUT2D eigenvalue weighted by atomic mass is 35.5. The molecule has 1 fully saturated rings. The van der Waals surface area contributed by atoms with Gasteiger partial charge >= 0.3 is 0 Å². The molecule has 158 valence electrons. The number of thiocarbonyl (C=S) groups is 1. The fourth-order valence-corrected chi connectivity index (χ4v) is 4.74. The number of anilines is 1. The van der Waals surface area contributed by atoms with Crippen LogP contribution in [0.25, 0.3) is 6.08 Å². The van der Waals surface area contributed by atoms with Gasteiger partial charge < -0.3 is 5.11 Å². The van der Waals surface area contributed by atoms with Gasteiger partial charge in [0.2, 0.25) is 0 Å². The lowest BCUT2D eigenvalue weighted by Crippen LogP contribution is -2.27. The van der Waals surface area contributed by atoms with E-state index in [1.165, 1.54) is 16.7 Å². The molecule has 0 aliphatic carbocycles. The topological polar surface area (TPSA) is 40.5 Å². The Morgan fingerprint density at radius 2 is 1.50 bits per heavy atom. The molecule has 3 nitrogen and oxygen atoms in total. The Balaban J connectivity index is 2.07. The highest BCUT2D eigenvalue weighted by Crippen LogP contribution is 2.42. The maximum atomic E-state index is 13.1. The van der Waals surface area contributed by atoms with Gasteiger partial charge in [-0.2, -0.15) is 0 Å². The molecule has 0 radical (unpaired) electrons. The normalized spacial score (nSPS) is 16.6.